The van der Waals surface area contributed by atoms with E-state index in [1.165, 1.54) is 4.68 Å². The number of rotatable bonds is 2. The number of carbonyl (C=O) groups excluding carboxylic acids is 1. The van der Waals surface area contributed by atoms with Gasteiger partial charge >= 0.3 is 0 Å². The van der Waals surface area contributed by atoms with Crippen molar-refractivity contribution < 1.29 is 4.79 Å². The molecule has 8 heteroatoms. The summed E-state index contributed by atoms with van der Waals surface area (Å²) in [5.74, 6) is 1.53. The summed E-state index contributed by atoms with van der Waals surface area (Å²) in [6.07, 6.45) is 1.57. The Morgan fingerprint density at radius 3 is 2.80 bits per heavy atom. The smallest absolute Gasteiger partial charge is 0.274 e. The molecule has 0 bridgehead atoms. The van der Waals surface area contributed by atoms with Crippen molar-refractivity contribution in [3.63, 3.8) is 0 Å². The fourth-order valence-electron chi connectivity index (χ4n) is 3.30. The molecule has 1 aliphatic rings. The summed E-state index contributed by atoms with van der Waals surface area (Å²) in [6.45, 7) is 2.55. The lowest BCUT2D eigenvalue weighted by molar-refractivity contribution is 0.0922. The highest BCUT2D eigenvalue weighted by Crippen LogP contribution is 2.17. The maximum Gasteiger partial charge on any atom is 0.274 e. The van der Waals surface area contributed by atoms with Crippen LogP contribution < -0.4 is 10.9 Å². The number of nitrogens with zero attached hydrogens (tertiary/aromatic N) is 5. The molecule has 1 N–H and O–H groups in total. The average Bonchev–Trinajstić information content (AvgIpc) is 2.99. The fourth-order valence-corrected chi connectivity index (χ4v) is 3.30. The van der Waals surface area contributed by atoms with E-state index in [9.17, 15) is 9.59 Å². The molecule has 0 saturated heterocycles. The van der Waals surface area contributed by atoms with E-state index in [4.69, 9.17) is 0 Å². The summed E-state index contributed by atoms with van der Waals surface area (Å²) < 4.78 is 3.24. The van der Waals surface area contributed by atoms with Gasteiger partial charge in [-0.25, -0.2) is 4.68 Å². The molecule has 0 radical (unpaired) electrons. The fraction of sp³-hybridized carbons (Fsp3) is 0.353. The van der Waals surface area contributed by atoms with Crippen LogP contribution in [-0.4, -0.2) is 36.5 Å². The molecule has 3 aromatic rings. The first kappa shape index (κ1) is 15.5. The Hall–Kier alpha value is -3.03. The molecular weight excluding hydrogens is 320 g/mol. The maximum absolute atomic E-state index is 12.8. The van der Waals surface area contributed by atoms with E-state index in [-0.39, 0.29) is 23.2 Å². The second-order valence-corrected chi connectivity index (χ2v) is 6.31. The van der Waals surface area contributed by atoms with Gasteiger partial charge in [0.1, 0.15) is 11.6 Å². The van der Waals surface area contributed by atoms with Crippen LogP contribution in [0.5, 0.6) is 0 Å². The molecule has 1 atom stereocenters. The summed E-state index contributed by atoms with van der Waals surface area (Å²) in [7, 11) is 1.55. The second kappa shape index (κ2) is 5.80. The number of benzene rings is 1. The van der Waals surface area contributed by atoms with Gasteiger partial charge in [0.15, 0.2) is 5.69 Å². The van der Waals surface area contributed by atoms with Crippen LogP contribution in [0.25, 0.3) is 10.8 Å². The summed E-state index contributed by atoms with van der Waals surface area (Å²) in [5, 5.41) is 16.5. The molecule has 8 nitrogen and oxygen atoms in total. The van der Waals surface area contributed by atoms with Gasteiger partial charge in [-0.15, -0.1) is 10.2 Å². The van der Waals surface area contributed by atoms with E-state index >= 15 is 0 Å². The number of aryl methyl sites for hydroxylation is 3. The van der Waals surface area contributed by atoms with Gasteiger partial charge in [-0.1, -0.05) is 18.2 Å². The number of nitrogens with one attached hydrogen (secondary N) is 1. The molecule has 1 aromatic carbocycles. The van der Waals surface area contributed by atoms with Crippen molar-refractivity contribution in [2.75, 3.05) is 0 Å². The summed E-state index contributed by atoms with van der Waals surface area (Å²) in [6, 6.07) is 7.02. The third-order valence-corrected chi connectivity index (χ3v) is 4.64. The summed E-state index contributed by atoms with van der Waals surface area (Å²) in [4.78, 5) is 25.0. The van der Waals surface area contributed by atoms with E-state index in [1.807, 2.05) is 11.5 Å². The molecule has 3 heterocycles. The standard InChI is InChI=1S/C17H18N6O2/c1-10-19-20-14-8-7-11(9-23(10)14)18-16(24)15-12-5-3-4-6-13(12)17(25)22(2)21-15/h3-6,11H,7-9H2,1-2H3,(H,18,24)/t11-/m1/s1. The lowest BCUT2D eigenvalue weighted by atomic mass is 10.1. The van der Waals surface area contributed by atoms with Crippen LogP contribution in [0.4, 0.5) is 0 Å². The Labute approximate surface area is 143 Å². The molecular formula is C17H18N6O2. The van der Waals surface area contributed by atoms with Crippen LogP contribution in [0, 0.1) is 6.92 Å². The zero-order chi connectivity index (χ0) is 17.6. The largest absolute Gasteiger partial charge is 0.346 e. The van der Waals surface area contributed by atoms with Crippen LogP contribution in [0.1, 0.15) is 28.6 Å². The minimum absolute atomic E-state index is 0.0208. The van der Waals surface area contributed by atoms with E-state index in [2.05, 4.69) is 20.6 Å². The van der Waals surface area contributed by atoms with Gasteiger partial charge in [0.2, 0.25) is 0 Å². The summed E-state index contributed by atoms with van der Waals surface area (Å²) >= 11 is 0. The minimum Gasteiger partial charge on any atom is -0.346 e. The first-order valence-corrected chi connectivity index (χ1v) is 8.20. The normalized spacial score (nSPS) is 16.6. The lowest BCUT2D eigenvalue weighted by Crippen LogP contribution is -2.42. The van der Waals surface area contributed by atoms with Crippen LogP contribution in [0.2, 0.25) is 0 Å². The van der Waals surface area contributed by atoms with E-state index in [0.717, 1.165) is 24.5 Å². The van der Waals surface area contributed by atoms with Crippen molar-refractivity contribution in [2.24, 2.45) is 7.05 Å². The van der Waals surface area contributed by atoms with Crippen molar-refractivity contribution in [3.05, 3.63) is 52.0 Å². The zero-order valence-electron chi connectivity index (χ0n) is 14.1. The van der Waals surface area contributed by atoms with E-state index in [1.54, 1.807) is 31.3 Å². The molecule has 1 aliphatic heterocycles. The van der Waals surface area contributed by atoms with Crippen molar-refractivity contribution in [2.45, 2.75) is 32.4 Å². The highest BCUT2D eigenvalue weighted by atomic mass is 16.2. The van der Waals surface area contributed by atoms with Crippen molar-refractivity contribution in [3.8, 4) is 0 Å². The predicted molar refractivity (Wildman–Crippen MR) is 91.3 cm³/mol. The third-order valence-electron chi connectivity index (χ3n) is 4.64. The Kier molecular flexibility index (Phi) is 3.60. The molecule has 128 valence electrons. The Morgan fingerprint density at radius 1 is 1.24 bits per heavy atom. The molecule has 0 spiro atoms. The van der Waals surface area contributed by atoms with Gasteiger partial charge < -0.3 is 9.88 Å². The van der Waals surface area contributed by atoms with Crippen LogP contribution in [0.15, 0.2) is 29.1 Å². The second-order valence-electron chi connectivity index (χ2n) is 6.31. The molecule has 0 saturated carbocycles. The molecule has 0 fully saturated rings. The minimum atomic E-state index is -0.272. The first-order valence-electron chi connectivity index (χ1n) is 8.20. The Bertz CT molecular complexity index is 1040. The van der Waals surface area contributed by atoms with Gasteiger partial charge in [0, 0.05) is 31.4 Å². The molecule has 0 unspecified atom stereocenters. The van der Waals surface area contributed by atoms with Gasteiger partial charge in [0.25, 0.3) is 11.5 Å². The number of fused-ring (bicyclic) bond motifs is 2. The van der Waals surface area contributed by atoms with E-state index in [0.29, 0.717) is 17.3 Å². The highest BCUT2D eigenvalue weighted by molar-refractivity contribution is 6.04. The SMILES string of the molecule is Cc1nnc2n1C[C@H](NC(=O)c1nn(C)c(=O)c3ccccc13)CC2. The quantitative estimate of drug-likeness (QED) is 0.737. The molecule has 0 aliphatic carbocycles. The highest BCUT2D eigenvalue weighted by Gasteiger charge is 2.24. The molecule has 2 aromatic heterocycles. The molecule has 25 heavy (non-hydrogen) atoms. The average molecular weight is 338 g/mol. The van der Waals surface area contributed by atoms with Gasteiger partial charge in [-0.3, -0.25) is 9.59 Å². The number of hydrogen-bond donors (Lipinski definition) is 1. The predicted octanol–water partition coefficient (Wildman–Crippen LogP) is 0.578. The van der Waals surface area contributed by atoms with Gasteiger partial charge in [0.05, 0.1) is 5.39 Å². The third kappa shape index (κ3) is 2.59. The topological polar surface area (TPSA) is 94.7 Å². The number of carbonyl (C=O) groups is 1. The first-order chi connectivity index (χ1) is 12.0. The van der Waals surface area contributed by atoms with E-state index < -0.39 is 0 Å². The molecule has 4 rings (SSSR count). The van der Waals surface area contributed by atoms with Crippen molar-refractivity contribution >= 4 is 16.7 Å². The number of hydrogen-bond acceptors (Lipinski definition) is 5. The van der Waals surface area contributed by atoms with Crippen molar-refractivity contribution in [1.82, 2.24) is 29.9 Å². The number of amides is 1. The van der Waals surface area contributed by atoms with Gasteiger partial charge in [-0.2, -0.15) is 5.10 Å². The van der Waals surface area contributed by atoms with Crippen LogP contribution >= 0.6 is 0 Å². The number of aromatic nitrogens is 5. The zero-order valence-corrected chi connectivity index (χ0v) is 14.1. The van der Waals surface area contributed by atoms with Gasteiger partial charge in [-0.05, 0) is 19.4 Å². The Morgan fingerprint density at radius 2 is 2.00 bits per heavy atom. The van der Waals surface area contributed by atoms with Crippen LogP contribution in [0.3, 0.4) is 0 Å². The lowest BCUT2D eigenvalue weighted by Gasteiger charge is -2.25. The molecule has 1 amide bonds. The summed E-state index contributed by atoms with van der Waals surface area (Å²) in [5.41, 5.74) is 0.0542. The maximum atomic E-state index is 12.8. The van der Waals surface area contributed by atoms with Crippen molar-refractivity contribution in [1.29, 1.82) is 0 Å². The Balaban J connectivity index is 1.64. The van der Waals surface area contributed by atoms with Crippen LogP contribution in [-0.2, 0) is 20.0 Å². The monoisotopic (exact) mass is 338 g/mol.